The number of likely N-dealkylation sites (tertiary alicyclic amines) is 1. The van der Waals surface area contributed by atoms with Crippen molar-refractivity contribution in [1.82, 2.24) is 30.3 Å². The van der Waals surface area contributed by atoms with Gasteiger partial charge in [-0.05, 0) is 58.0 Å². The first-order valence-corrected chi connectivity index (χ1v) is 11.0. The Kier molecular flexibility index (Phi) is 7.96. The van der Waals surface area contributed by atoms with Crippen LogP contribution in [0.25, 0.3) is 0 Å². The molecule has 2 fully saturated rings. The lowest BCUT2D eigenvalue weighted by Gasteiger charge is -2.32. The van der Waals surface area contributed by atoms with Crippen LogP contribution < -0.4 is 10.6 Å². The number of aryl methyl sites for hydroxylation is 1. The van der Waals surface area contributed by atoms with Crippen molar-refractivity contribution in [1.29, 1.82) is 0 Å². The number of alkyl halides is 3. The highest BCUT2D eigenvalue weighted by molar-refractivity contribution is 5.80. The monoisotopic (exact) mass is 429 g/mol. The summed E-state index contributed by atoms with van der Waals surface area (Å²) < 4.78 is 39.5. The van der Waals surface area contributed by atoms with Gasteiger partial charge in [-0.25, -0.2) is 4.99 Å². The molecule has 2 N–H and O–H groups in total. The molecule has 0 bridgehead atoms. The maximum absolute atomic E-state index is 12.5. The first-order valence-electron chi connectivity index (χ1n) is 11.0. The maximum Gasteiger partial charge on any atom is 0.401 e. The number of hydrogen-bond acceptors (Lipinski definition) is 4. The lowest BCUT2D eigenvalue weighted by atomic mass is 9.93. The predicted octanol–water partition coefficient (Wildman–Crippen LogP) is 2.77. The Balaban J connectivity index is 1.46. The quantitative estimate of drug-likeness (QED) is 0.515. The lowest BCUT2D eigenvalue weighted by Crippen LogP contribution is -2.44. The topological polar surface area (TPSA) is 70.4 Å². The summed E-state index contributed by atoms with van der Waals surface area (Å²) in [6.07, 6.45) is 3.26. The van der Waals surface area contributed by atoms with Crippen molar-refractivity contribution in [2.24, 2.45) is 18.0 Å². The van der Waals surface area contributed by atoms with E-state index in [1.54, 1.807) is 0 Å². The van der Waals surface area contributed by atoms with Crippen molar-refractivity contribution in [2.75, 3.05) is 26.2 Å². The Labute approximate surface area is 176 Å². The van der Waals surface area contributed by atoms with Gasteiger partial charge in [-0.15, -0.1) is 10.2 Å². The normalized spacial score (nSPS) is 20.1. The van der Waals surface area contributed by atoms with Gasteiger partial charge in [0.25, 0.3) is 0 Å². The Bertz CT molecular complexity index is 687. The SMILES string of the molecule is Cc1nnc(CN=C(NCCC2CCN(CC(F)(F)F)CC2)NC2CCCC2)n1C. The molecule has 3 rings (SSSR count). The van der Waals surface area contributed by atoms with Gasteiger partial charge >= 0.3 is 6.18 Å². The molecule has 0 radical (unpaired) electrons. The van der Waals surface area contributed by atoms with Gasteiger partial charge in [0.05, 0.1) is 6.54 Å². The van der Waals surface area contributed by atoms with E-state index >= 15 is 0 Å². The van der Waals surface area contributed by atoms with Gasteiger partial charge < -0.3 is 15.2 Å². The number of aromatic nitrogens is 3. The molecule has 2 heterocycles. The molecule has 170 valence electrons. The Morgan fingerprint density at radius 3 is 2.43 bits per heavy atom. The van der Waals surface area contributed by atoms with E-state index in [1.807, 2.05) is 18.5 Å². The van der Waals surface area contributed by atoms with Crippen LogP contribution in [0.2, 0.25) is 0 Å². The largest absolute Gasteiger partial charge is 0.401 e. The summed E-state index contributed by atoms with van der Waals surface area (Å²) in [4.78, 5) is 6.22. The van der Waals surface area contributed by atoms with Crippen LogP contribution in [0.5, 0.6) is 0 Å². The second-order valence-corrected chi connectivity index (χ2v) is 8.56. The highest BCUT2D eigenvalue weighted by Crippen LogP contribution is 2.24. The van der Waals surface area contributed by atoms with E-state index in [-0.39, 0.29) is 0 Å². The van der Waals surface area contributed by atoms with Crippen molar-refractivity contribution in [3.05, 3.63) is 11.6 Å². The van der Waals surface area contributed by atoms with E-state index in [2.05, 4.69) is 20.8 Å². The molecular formula is C20H34F3N7. The fourth-order valence-electron chi connectivity index (χ4n) is 4.24. The van der Waals surface area contributed by atoms with Gasteiger partial charge in [0.15, 0.2) is 11.8 Å². The summed E-state index contributed by atoms with van der Waals surface area (Å²) in [5.41, 5.74) is 0. The third-order valence-electron chi connectivity index (χ3n) is 6.21. The molecule has 7 nitrogen and oxygen atoms in total. The summed E-state index contributed by atoms with van der Waals surface area (Å²) in [6.45, 7) is 3.39. The smallest absolute Gasteiger partial charge is 0.356 e. The van der Waals surface area contributed by atoms with Crippen molar-refractivity contribution in [3.63, 3.8) is 0 Å². The predicted molar refractivity (Wildman–Crippen MR) is 110 cm³/mol. The van der Waals surface area contributed by atoms with Crippen LogP contribution in [0.15, 0.2) is 4.99 Å². The van der Waals surface area contributed by atoms with Crippen molar-refractivity contribution in [2.45, 2.75) is 70.6 Å². The highest BCUT2D eigenvalue weighted by Gasteiger charge is 2.32. The second-order valence-electron chi connectivity index (χ2n) is 8.56. The number of nitrogens with zero attached hydrogens (tertiary/aromatic N) is 5. The zero-order valence-electron chi connectivity index (χ0n) is 18.0. The number of piperidine rings is 1. The molecule has 0 unspecified atom stereocenters. The Hall–Kier alpha value is -1.84. The molecule has 1 aromatic rings. The molecule has 0 aromatic carbocycles. The number of halogens is 3. The minimum atomic E-state index is -4.10. The molecule has 1 aromatic heterocycles. The van der Waals surface area contributed by atoms with Gasteiger partial charge in [0.2, 0.25) is 0 Å². The molecule has 1 saturated heterocycles. The zero-order valence-corrected chi connectivity index (χ0v) is 18.0. The minimum Gasteiger partial charge on any atom is -0.356 e. The first-order chi connectivity index (χ1) is 14.3. The molecular weight excluding hydrogens is 395 g/mol. The summed E-state index contributed by atoms with van der Waals surface area (Å²) in [5, 5.41) is 15.2. The van der Waals surface area contributed by atoms with Crippen molar-refractivity contribution < 1.29 is 13.2 Å². The summed E-state index contributed by atoms with van der Waals surface area (Å²) in [5.74, 6) is 2.92. The molecule has 30 heavy (non-hydrogen) atoms. The highest BCUT2D eigenvalue weighted by atomic mass is 19.4. The van der Waals surface area contributed by atoms with Crippen LogP contribution in [0, 0.1) is 12.8 Å². The van der Waals surface area contributed by atoms with Gasteiger partial charge in [-0.3, -0.25) is 4.90 Å². The van der Waals surface area contributed by atoms with Crippen LogP contribution in [0.4, 0.5) is 13.2 Å². The zero-order chi connectivity index (χ0) is 21.6. The fraction of sp³-hybridized carbons (Fsp3) is 0.850. The van der Waals surface area contributed by atoms with Gasteiger partial charge in [0.1, 0.15) is 12.4 Å². The molecule has 10 heteroatoms. The first kappa shape index (κ1) is 22.8. The van der Waals surface area contributed by atoms with E-state index in [4.69, 9.17) is 4.99 Å². The molecule has 0 amide bonds. The van der Waals surface area contributed by atoms with E-state index in [1.165, 1.54) is 17.7 Å². The molecule has 2 aliphatic rings. The maximum atomic E-state index is 12.5. The number of nitrogens with one attached hydrogen (secondary N) is 2. The van der Waals surface area contributed by atoms with Gasteiger partial charge in [-0.1, -0.05) is 12.8 Å². The molecule has 1 aliphatic carbocycles. The molecule has 1 saturated carbocycles. The Morgan fingerprint density at radius 2 is 1.83 bits per heavy atom. The third kappa shape index (κ3) is 7.14. The van der Waals surface area contributed by atoms with Crippen LogP contribution in [0.3, 0.4) is 0 Å². The van der Waals surface area contributed by atoms with E-state index in [0.29, 0.717) is 31.6 Å². The average Bonchev–Trinajstić information content (AvgIpc) is 3.31. The van der Waals surface area contributed by atoms with E-state index in [0.717, 1.165) is 56.3 Å². The Morgan fingerprint density at radius 1 is 1.13 bits per heavy atom. The fourth-order valence-corrected chi connectivity index (χ4v) is 4.24. The van der Waals surface area contributed by atoms with Crippen LogP contribution in [-0.2, 0) is 13.6 Å². The van der Waals surface area contributed by atoms with Crippen molar-refractivity contribution >= 4 is 5.96 Å². The molecule has 0 atom stereocenters. The van der Waals surface area contributed by atoms with Gasteiger partial charge in [-0.2, -0.15) is 13.2 Å². The van der Waals surface area contributed by atoms with E-state index in [9.17, 15) is 13.2 Å². The number of guanidine groups is 1. The number of aliphatic imine (C=N–C) groups is 1. The van der Waals surface area contributed by atoms with Crippen LogP contribution in [0.1, 0.15) is 56.6 Å². The van der Waals surface area contributed by atoms with Crippen LogP contribution in [-0.4, -0.2) is 64.0 Å². The van der Waals surface area contributed by atoms with E-state index < -0.39 is 12.7 Å². The summed E-state index contributed by atoms with van der Waals surface area (Å²) in [6, 6.07) is 0.447. The van der Waals surface area contributed by atoms with Gasteiger partial charge in [0, 0.05) is 19.6 Å². The standard InChI is InChI=1S/C20H34F3N7/c1-15-27-28-18(29(15)2)13-25-19(26-17-5-3-4-6-17)24-10-7-16-8-11-30(12-9-16)14-20(21,22)23/h16-17H,3-14H2,1-2H3,(H2,24,25,26). The second kappa shape index (κ2) is 10.5. The average molecular weight is 430 g/mol. The summed E-state index contributed by atoms with van der Waals surface area (Å²) >= 11 is 0. The summed E-state index contributed by atoms with van der Waals surface area (Å²) in [7, 11) is 1.93. The van der Waals surface area contributed by atoms with Crippen molar-refractivity contribution in [3.8, 4) is 0 Å². The molecule has 0 spiro atoms. The molecule has 1 aliphatic heterocycles. The number of hydrogen-bond donors (Lipinski definition) is 2. The van der Waals surface area contributed by atoms with Crippen LogP contribution >= 0.6 is 0 Å². The lowest BCUT2D eigenvalue weighted by molar-refractivity contribution is -0.148. The third-order valence-corrected chi connectivity index (χ3v) is 6.21. The minimum absolute atomic E-state index is 0.447. The number of rotatable bonds is 7.